The average Bonchev–Trinajstić information content (AvgIpc) is 2.95. The predicted molar refractivity (Wildman–Crippen MR) is 76.7 cm³/mol. The van der Waals surface area contributed by atoms with E-state index in [0.29, 0.717) is 12.0 Å². The van der Waals surface area contributed by atoms with E-state index >= 15 is 0 Å². The molecule has 2 atom stereocenters. The molecule has 0 aliphatic carbocycles. The van der Waals surface area contributed by atoms with Gasteiger partial charge in [-0.05, 0) is 53.9 Å². The Bertz CT molecular complexity index is 336. The summed E-state index contributed by atoms with van der Waals surface area (Å²) >= 11 is 5.38. The first-order valence-corrected chi connectivity index (χ1v) is 7.96. The summed E-state index contributed by atoms with van der Waals surface area (Å²) in [5.41, 5.74) is 0. The Morgan fingerprint density at radius 1 is 1.59 bits per heavy atom. The second-order valence-electron chi connectivity index (χ2n) is 4.59. The van der Waals surface area contributed by atoms with E-state index in [1.807, 2.05) is 11.3 Å². The maximum absolute atomic E-state index is 5.52. The highest BCUT2D eigenvalue weighted by atomic mass is 79.9. The molecule has 2 unspecified atom stereocenters. The largest absolute Gasteiger partial charge is 0.381 e. The maximum atomic E-state index is 5.52. The third kappa shape index (κ3) is 4.05. The van der Waals surface area contributed by atoms with Crippen molar-refractivity contribution in [1.82, 2.24) is 5.32 Å². The van der Waals surface area contributed by atoms with Gasteiger partial charge in [0, 0.05) is 23.4 Å². The van der Waals surface area contributed by atoms with E-state index in [1.54, 1.807) is 0 Å². The van der Waals surface area contributed by atoms with Gasteiger partial charge in [-0.3, -0.25) is 0 Å². The monoisotopic (exact) mass is 317 g/mol. The molecule has 1 aromatic rings. The summed E-state index contributed by atoms with van der Waals surface area (Å²) in [6.07, 6.45) is 3.52. The van der Waals surface area contributed by atoms with Crippen molar-refractivity contribution >= 4 is 27.3 Å². The fourth-order valence-electron chi connectivity index (χ4n) is 2.28. The summed E-state index contributed by atoms with van der Waals surface area (Å²) < 4.78 is 6.74. The van der Waals surface area contributed by atoms with Crippen LogP contribution >= 0.6 is 27.3 Å². The standard InChI is InChI=1S/C13H20BrNOS/c1-2-6-15-12(10-5-7-16-9-10)8-11-3-4-13(14)17-11/h3-4,10,12,15H,2,5-9H2,1H3. The predicted octanol–water partition coefficient (Wildman–Crippen LogP) is 3.46. The lowest BCUT2D eigenvalue weighted by Gasteiger charge is -2.23. The summed E-state index contributed by atoms with van der Waals surface area (Å²) in [7, 11) is 0. The molecule has 1 aliphatic rings. The van der Waals surface area contributed by atoms with Crippen molar-refractivity contribution in [3.8, 4) is 0 Å². The van der Waals surface area contributed by atoms with Crippen LogP contribution in [0.3, 0.4) is 0 Å². The van der Waals surface area contributed by atoms with Gasteiger partial charge >= 0.3 is 0 Å². The van der Waals surface area contributed by atoms with Gasteiger partial charge in [0.2, 0.25) is 0 Å². The van der Waals surface area contributed by atoms with Gasteiger partial charge in [0.05, 0.1) is 10.4 Å². The number of rotatable bonds is 6. The van der Waals surface area contributed by atoms with Gasteiger partial charge in [-0.2, -0.15) is 0 Å². The Balaban J connectivity index is 1.94. The molecule has 0 aromatic carbocycles. The highest BCUT2D eigenvalue weighted by Crippen LogP contribution is 2.26. The number of thiophene rings is 1. The van der Waals surface area contributed by atoms with Crippen molar-refractivity contribution in [2.75, 3.05) is 19.8 Å². The molecule has 1 N–H and O–H groups in total. The van der Waals surface area contributed by atoms with Crippen LogP contribution in [0.2, 0.25) is 0 Å². The van der Waals surface area contributed by atoms with Crippen molar-refractivity contribution < 1.29 is 4.74 Å². The summed E-state index contributed by atoms with van der Waals surface area (Å²) in [5.74, 6) is 0.683. The van der Waals surface area contributed by atoms with Gasteiger partial charge in [0.15, 0.2) is 0 Å². The van der Waals surface area contributed by atoms with E-state index in [9.17, 15) is 0 Å². The highest BCUT2D eigenvalue weighted by Gasteiger charge is 2.25. The molecule has 4 heteroatoms. The number of nitrogens with one attached hydrogen (secondary N) is 1. The quantitative estimate of drug-likeness (QED) is 0.867. The number of ether oxygens (including phenoxy) is 1. The van der Waals surface area contributed by atoms with E-state index in [-0.39, 0.29) is 0 Å². The first-order chi connectivity index (χ1) is 8.29. The van der Waals surface area contributed by atoms with Crippen molar-refractivity contribution in [2.24, 2.45) is 5.92 Å². The lowest BCUT2D eigenvalue weighted by molar-refractivity contribution is 0.176. The molecule has 2 heterocycles. The summed E-state index contributed by atoms with van der Waals surface area (Å²) in [6.45, 7) is 5.18. The zero-order valence-electron chi connectivity index (χ0n) is 10.2. The average molecular weight is 318 g/mol. The van der Waals surface area contributed by atoms with Crippen LogP contribution in [0.4, 0.5) is 0 Å². The van der Waals surface area contributed by atoms with Gasteiger partial charge in [0.1, 0.15) is 0 Å². The minimum Gasteiger partial charge on any atom is -0.381 e. The Kier molecular flexibility index (Phi) is 5.48. The molecule has 96 valence electrons. The third-order valence-corrected chi connectivity index (χ3v) is 4.89. The SMILES string of the molecule is CCCNC(Cc1ccc(Br)s1)C1CCOC1. The van der Waals surface area contributed by atoms with E-state index < -0.39 is 0 Å². The zero-order valence-corrected chi connectivity index (χ0v) is 12.6. The Morgan fingerprint density at radius 2 is 2.47 bits per heavy atom. The van der Waals surface area contributed by atoms with Gasteiger partial charge in [0.25, 0.3) is 0 Å². The smallest absolute Gasteiger partial charge is 0.0701 e. The Morgan fingerprint density at radius 3 is 3.06 bits per heavy atom. The van der Waals surface area contributed by atoms with Crippen molar-refractivity contribution in [2.45, 2.75) is 32.2 Å². The minimum absolute atomic E-state index is 0.572. The molecule has 2 rings (SSSR count). The van der Waals surface area contributed by atoms with Crippen molar-refractivity contribution in [3.05, 3.63) is 20.8 Å². The zero-order chi connectivity index (χ0) is 12.1. The van der Waals surface area contributed by atoms with E-state index in [0.717, 1.165) is 26.2 Å². The van der Waals surface area contributed by atoms with Crippen LogP contribution in [0.25, 0.3) is 0 Å². The van der Waals surface area contributed by atoms with Crippen molar-refractivity contribution in [1.29, 1.82) is 0 Å². The van der Waals surface area contributed by atoms with E-state index in [4.69, 9.17) is 4.74 Å². The molecule has 1 aliphatic heterocycles. The minimum atomic E-state index is 0.572. The lowest BCUT2D eigenvalue weighted by Crippen LogP contribution is -2.38. The van der Waals surface area contributed by atoms with Crippen LogP contribution in [0.1, 0.15) is 24.6 Å². The lowest BCUT2D eigenvalue weighted by atomic mass is 9.95. The van der Waals surface area contributed by atoms with E-state index in [1.165, 1.54) is 21.5 Å². The fraction of sp³-hybridized carbons (Fsp3) is 0.692. The number of hydrogen-bond donors (Lipinski definition) is 1. The summed E-state index contributed by atoms with van der Waals surface area (Å²) in [6, 6.07) is 4.94. The van der Waals surface area contributed by atoms with Crippen LogP contribution in [0.5, 0.6) is 0 Å². The Labute approximate surface area is 116 Å². The molecule has 0 saturated carbocycles. The van der Waals surface area contributed by atoms with Gasteiger partial charge in [-0.1, -0.05) is 6.92 Å². The molecule has 0 bridgehead atoms. The first-order valence-electron chi connectivity index (χ1n) is 6.35. The molecule has 1 aromatic heterocycles. The van der Waals surface area contributed by atoms with Crippen LogP contribution in [-0.4, -0.2) is 25.8 Å². The molecule has 0 radical (unpaired) electrons. The van der Waals surface area contributed by atoms with Crippen LogP contribution < -0.4 is 5.32 Å². The maximum Gasteiger partial charge on any atom is 0.0701 e. The topological polar surface area (TPSA) is 21.3 Å². The first kappa shape index (κ1) is 13.5. The van der Waals surface area contributed by atoms with Crippen molar-refractivity contribution in [3.63, 3.8) is 0 Å². The second kappa shape index (κ2) is 6.88. The molecule has 0 spiro atoms. The summed E-state index contributed by atoms with van der Waals surface area (Å²) in [5, 5.41) is 3.68. The van der Waals surface area contributed by atoms with Gasteiger partial charge in [-0.15, -0.1) is 11.3 Å². The fourth-order valence-corrected chi connectivity index (χ4v) is 3.82. The molecular formula is C13H20BrNOS. The molecule has 2 nitrogen and oxygen atoms in total. The Hall–Kier alpha value is 0.1000. The van der Waals surface area contributed by atoms with Crippen LogP contribution in [0, 0.1) is 5.92 Å². The molecular weight excluding hydrogens is 298 g/mol. The number of hydrogen-bond acceptors (Lipinski definition) is 3. The van der Waals surface area contributed by atoms with Gasteiger partial charge < -0.3 is 10.1 Å². The molecule has 1 saturated heterocycles. The normalized spacial score (nSPS) is 21.9. The summed E-state index contributed by atoms with van der Waals surface area (Å²) in [4.78, 5) is 1.46. The molecule has 1 fully saturated rings. The molecule has 0 amide bonds. The molecule has 17 heavy (non-hydrogen) atoms. The third-order valence-electron chi connectivity index (χ3n) is 3.24. The number of halogens is 1. The van der Waals surface area contributed by atoms with Gasteiger partial charge in [-0.25, -0.2) is 0 Å². The van der Waals surface area contributed by atoms with E-state index in [2.05, 4.69) is 40.3 Å². The highest BCUT2D eigenvalue weighted by molar-refractivity contribution is 9.11. The van der Waals surface area contributed by atoms with Crippen LogP contribution in [0.15, 0.2) is 15.9 Å². The van der Waals surface area contributed by atoms with Crippen LogP contribution in [-0.2, 0) is 11.2 Å². The second-order valence-corrected chi connectivity index (χ2v) is 7.14.